The first-order chi connectivity index (χ1) is 9.09. The van der Waals surface area contributed by atoms with Gasteiger partial charge in [0.1, 0.15) is 0 Å². The molecule has 2 rings (SSSR count). The Kier molecular flexibility index (Phi) is 5.00. The van der Waals surface area contributed by atoms with Crippen molar-refractivity contribution in [1.29, 1.82) is 0 Å². The van der Waals surface area contributed by atoms with Crippen LogP contribution in [0.25, 0.3) is 0 Å². The van der Waals surface area contributed by atoms with E-state index in [4.69, 9.17) is 5.73 Å². The number of sulfonamides is 1. The Morgan fingerprint density at radius 1 is 1.42 bits per heavy atom. The molecular weight excluding hydrogens is 280 g/mol. The molecule has 1 fully saturated rings. The number of rotatable bonds is 5. The standard InChI is InChI=1S/C13H22N2O2S2/c1-2-3-11-4-7-15(8-5-11)19(16,17)13-6-9-18-12(13)10-14/h6,9,11H,2-5,7-8,10,14H2,1H3. The van der Waals surface area contributed by atoms with Crippen molar-refractivity contribution in [3.63, 3.8) is 0 Å². The molecule has 108 valence electrons. The summed E-state index contributed by atoms with van der Waals surface area (Å²) in [6, 6.07) is 1.68. The molecule has 0 unspecified atom stereocenters. The summed E-state index contributed by atoms with van der Waals surface area (Å²) in [6.45, 7) is 3.76. The molecule has 0 radical (unpaired) electrons. The summed E-state index contributed by atoms with van der Waals surface area (Å²) in [6.07, 6.45) is 4.35. The summed E-state index contributed by atoms with van der Waals surface area (Å²) < 4.78 is 26.8. The Morgan fingerprint density at radius 3 is 2.68 bits per heavy atom. The molecule has 4 nitrogen and oxygen atoms in total. The second kappa shape index (κ2) is 6.35. The van der Waals surface area contributed by atoms with E-state index in [1.165, 1.54) is 24.2 Å². The van der Waals surface area contributed by atoms with Gasteiger partial charge in [-0.25, -0.2) is 8.42 Å². The first-order valence-electron chi connectivity index (χ1n) is 6.86. The van der Waals surface area contributed by atoms with E-state index in [1.807, 2.05) is 0 Å². The molecule has 1 aromatic heterocycles. The molecule has 0 amide bonds. The fourth-order valence-electron chi connectivity index (χ4n) is 2.69. The molecule has 0 aromatic carbocycles. The van der Waals surface area contributed by atoms with Crippen LogP contribution in [-0.4, -0.2) is 25.8 Å². The van der Waals surface area contributed by atoms with E-state index in [9.17, 15) is 8.42 Å². The summed E-state index contributed by atoms with van der Waals surface area (Å²) in [5, 5.41) is 1.80. The fourth-order valence-corrected chi connectivity index (χ4v) is 5.47. The molecule has 1 aromatic rings. The van der Waals surface area contributed by atoms with Gasteiger partial charge in [-0.1, -0.05) is 19.8 Å². The van der Waals surface area contributed by atoms with E-state index < -0.39 is 10.0 Å². The maximum absolute atomic E-state index is 12.6. The molecule has 19 heavy (non-hydrogen) atoms. The Hall–Kier alpha value is -0.430. The van der Waals surface area contributed by atoms with E-state index >= 15 is 0 Å². The number of thiophene rings is 1. The normalized spacial score (nSPS) is 18.8. The highest BCUT2D eigenvalue weighted by molar-refractivity contribution is 7.89. The van der Waals surface area contributed by atoms with Gasteiger partial charge in [-0.05, 0) is 30.2 Å². The van der Waals surface area contributed by atoms with Crippen LogP contribution in [0.2, 0.25) is 0 Å². The van der Waals surface area contributed by atoms with Crippen molar-refractivity contribution in [1.82, 2.24) is 4.31 Å². The second-order valence-electron chi connectivity index (χ2n) is 5.05. The third kappa shape index (κ3) is 3.18. The number of hydrogen-bond acceptors (Lipinski definition) is 4. The topological polar surface area (TPSA) is 63.4 Å². The molecule has 1 saturated heterocycles. The molecule has 1 aliphatic rings. The summed E-state index contributed by atoms with van der Waals surface area (Å²) >= 11 is 1.42. The third-order valence-electron chi connectivity index (χ3n) is 3.78. The lowest BCUT2D eigenvalue weighted by Gasteiger charge is -2.31. The molecule has 2 N–H and O–H groups in total. The van der Waals surface area contributed by atoms with Gasteiger partial charge in [0.2, 0.25) is 10.0 Å². The Labute approximate surface area is 119 Å². The van der Waals surface area contributed by atoms with E-state index in [-0.39, 0.29) is 0 Å². The number of nitrogens with zero attached hydrogens (tertiary/aromatic N) is 1. The molecule has 6 heteroatoms. The molecule has 1 aliphatic heterocycles. The van der Waals surface area contributed by atoms with Crippen LogP contribution in [0, 0.1) is 5.92 Å². The molecule has 0 bridgehead atoms. The van der Waals surface area contributed by atoms with Crippen LogP contribution in [-0.2, 0) is 16.6 Å². The average Bonchev–Trinajstić information content (AvgIpc) is 2.89. The summed E-state index contributed by atoms with van der Waals surface area (Å²) in [4.78, 5) is 1.17. The Morgan fingerprint density at radius 2 is 2.11 bits per heavy atom. The van der Waals surface area contributed by atoms with Crippen LogP contribution in [0.1, 0.15) is 37.5 Å². The van der Waals surface area contributed by atoms with Gasteiger partial charge >= 0.3 is 0 Å². The van der Waals surface area contributed by atoms with Gasteiger partial charge in [0, 0.05) is 24.5 Å². The molecule has 0 aliphatic carbocycles. The second-order valence-corrected chi connectivity index (χ2v) is 7.96. The van der Waals surface area contributed by atoms with Crippen molar-refractivity contribution < 1.29 is 8.42 Å². The largest absolute Gasteiger partial charge is 0.326 e. The monoisotopic (exact) mass is 302 g/mol. The van der Waals surface area contributed by atoms with E-state index in [2.05, 4.69) is 6.92 Å². The van der Waals surface area contributed by atoms with Crippen LogP contribution < -0.4 is 5.73 Å². The first kappa shape index (κ1) is 15.0. The van der Waals surface area contributed by atoms with Gasteiger partial charge in [0.25, 0.3) is 0 Å². The molecule has 0 saturated carbocycles. The number of nitrogens with two attached hydrogens (primary N) is 1. The fraction of sp³-hybridized carbons (Fsp3) is 0.692. The molecular formula is C13H22N2O2S2. The molecule has 0 atom stereocenters. The SMILES string of the molecule is CCCC1CCN(S(=O)(=O)c2ccsc2CN)CC1. The summed E-state index contributed by atoms with van der Waals surface area (Å²) in [5.74, 6) is 0.688. The van der Waals surface area contributed by atoms with Crippen molar-refractivity contribution in [3.8, 4) is 0 Å². The zero-order valence-corrected chi connectivity index (χ0v) is 13.0. The minimum atomic E-state index is -3.34. The van der Waals surface area contributed by atoms with Gasteiger partial charge in [0.15, 0.2) is 0 Å². The summed E-state index contributed by atoms with van der Waals surface area (Å²) in [7, 11) is -3.34. The Balaban J connectivity index is 2.10. The number of piperidine rings is 1. The minimum Gasteiger partial charge on any atom is -0.326 e. The smallest absolute Gasteiger partial charge is 0.244 e. The van der Waals surface area contributed by atoms with Gasteiger partial charge in [-0.15, -0.1) is 11.3 Å². The lowest BCUT2D eigenvalue weighted by molar-refractivity contribution is 0.262. The predicted molar refractivity (Wildman–Crippen MR) is 78.6 cm³/mol. The van der Waals surface area contributed by atoms with Gasteiger partial charge in [-0.3, -0.25) is 0 Å². The maximum Gasteiger partial charge on any atom is 0.244 e. The van der Waals surface area contributed by atoms with E-state index in [0.29, 0.717) is 30.4 Å². The first-order valence-corrected chi connectivity index (χ1v) is 9.18. The van der Waals surface area contributed by atoms with Gasteiger partial charge < -0.3 is 5.73 Å². The van der Waals surface area contributed by atoms with Gasteiger partial charge in [0.05, 0.1) is 4.90 Å². The molecule has 2 heterocycles. The highest BCUT2D eigenvalue weighted by atomic mass is 32.2. The van der Waals surface area contributed by atoms with Crippen molar-refractivity contribution >= 4 is 21.4 Å². The van der Waals surface area contributed by atoms with Crippen LogP contribution >= 0.6 is 11.3 Å². The predicted octanol–water partition coefficient (Wildman–Crippen LogP) is 2.41. The van der Waals surface area contributed by atoms with Crippen molar-refractivity contribution in [2.45, 2.75) is 44.0 Å². The third-order valence-corrected chi connectivity index (χ3v) is 6.83. The van der Waals surface area contributed by atoms with Crippen LogP contribution in [0.4, 0.5) is 0 Å². The summed E-state index contributed by atoms with van der Waals surface area (Å²) in [5.41, 5.74) is 5.61. The average molecular weight is 302 g/mol. The van der Waals surface area contributed by atoms with Crippen molar-refractivity contribution in [3.05, 3.63) is 16.3 Å². The van der Waals surface area contributed by atoms with Crippen molar-refractivity contribution in [2.24, 2.45) is 11.7 Å². The van der Waals surface area contributed by atoms with Crippen molar-refractivity contribution in [2.75, 3.05) is 13.1 Å². The highest BCUT2D eigenvalue weighted by Crippen LogP contribution is 2.29. The zero-order chi connectivity index (χ0) is 13.9. The van der Waals surface area contributed by atoms with Gasteiger partial charge in [-0.2, -0.15) is 4.31 Å². The lowest BCUT2D eigenvalue weighted by Crippen LogP contribution is -2.38. The maximum atomic E-state index is 12.6. The molecule has 0 spiro atoms. The van der Waals surface area contributed by atoms with Crippen LogP contribution in [0.15, 0.2) is 16.3 Å². The van der Waals surface area contributed by atoms with Crippen LogP contribution in [0.5, 0.6) is 0 Å². The van der Waals surface area contributed by atoms with Crippen LogP contribution in [0.3, 0.4) is 0 Å². The highest BCUT2D eigenvalue weighted by Gasteiger charge is 2.30. The number of hydrogen-bond donors (Lipinski definition) is 1. The lowest BCUT2D eigenvalue weighted by atomic mass is 9.94. The Bertz CT molecular complexity index is 502. The quantitative estimate of drug-likeness (QED) is 0.908. The minimum absolute atomic E-state index is 0.290. The zero-order valence-electron chi connectivity index (χ0n) is 11.3. The van der Waals surface area contributed by atoms with E-state index in [0.717, 1.165) is 17.7 Å². The van der Waals surface area contributed by atoms with E-state index in [1.54, 1.807) is 15.8 Å².